The Morgan fingerprint density at radius 1 is 1.11 bits per heavy atom. The van der Waals surface area contributed by atoms with E-state index in [-0.39, 0.29) is 5.38 Å². The Kier molecular flexibility index (Phi) is 4.26. The molecular weight excluding hydrogens is 281 g/mol. The summed E-state index contributed by atoms with van der Waals surface area (Å²) in [6.45, 7) is 8.61. The standard InChI is InChI=1S/C14H19Cl2N3/c1-9(2)18-7-8-19(10(3)4)14(18)11-5-6-17-13(16)12(11)15/h5-10,12H,1-4H3. The van der Waals surface area contributed by atoms with Crippen molar-refractivity contribution < 1.29 is 0 Å². The smallest absolute Gasteiger partial charge is 0.128 e. The minimum absolute atomic E-state index is 0.359. The summed E-state index contributed by atoms with van der Waals surface area (Å²) in [6.07, 6.45) is 7.82. The first-order chi connectivity index (χ1) is 8.93. The van der Waals surface area contributed by atoms with E-state index in [1.165, 1.54) is 0 Å². The lowest BCUT2D eigenvalue weighted by Crippen LogP contribution is -2.35. The van der Waals surface area contributed by atoms with Crippen LogP contribution in [-0.4, -0.2) is 32.4 Å². The molecule has 2 aliphatic rings. The fraction of sp³-hybridized carbons (Fsp3) is 0.500. The van der Waals surface area contributed by atoms with Crippen molar-refractivity contribution in [3.63, 3.8) is 0 Å². The Labute approximate surface area is 124 Å². The molecule has 0 aromatic rings. The molecule has 0 saturated heterocycles. The zero-order valence-corrected chi connectivity index (χ0v) is 13.2. The van der Waals surface area contributed by atoms with Crippen LogP contribution in [0.2, 0.25) is 0 Å². The molecule has 104 valence electrons. The van der Waals surface area contributed by atoms with E-state index in [4.69, 9.17) is 23.2 Å². The van der Waals surface area contributed by atoms with Gasteiger partial charge in [0.15, 0.2) is 0 Å². The second kappa shape index (κ2) is 5.59. The lowest BCUT2D eigenvalue weighted by atomic mass is 10.1. The second-order valence-corrected chi connectivity index (χ2v) is 6.03. The van der Waals surface area contributed by atoms with Crippen molar-refractivity contribution in [3.05, 3.63) is 36.1 Å². The first kappa shape index (κ1) is 14.5. The van der Waals surface area contributed by atoms with Crippen LogP contribution >= 0.6 is 23.2 Å². The number of allylic oxidation sites excluding steroid dienone is 2. The van der Waals surface area contributed by atoms with Gasteiger partial charge in [-0.1, -0.05) is 11.6 Å². The highest BCUT2D eigenvalue weighted by Gasteiger charge is 2.31. The fourth-order valence-electron chi connectivity index (χ4n) is 2.20. The van der Waals surface area contributed by atoms with E-state index >= 15 is 0 Å². The van der Waals surface area contributed by atoms with Crippen molar-refractivity contribution in [2.75, 3.05) is 0 Å². The molecule has 0 saturated carbocycles. The van der Waals surface area contributed by atoms with Gasteiger partial charge in [0.1, 0.15) is 16.4 Å². The molecule has 0 aromatic carbocycles. The van der Waals surface area contributed by atoms with E-state index in [1.807, 2.05) is 6.08 Å². The van der Waals surface area contributed by atoms with Gasteiger partial charge in [-0.05, 0) is 33.8 Å². The Hall–Kier alpha value is -0.930. The maximum Gasteiger partial charge on any atom is 0.128 e. The maximum atomic E-state index is 6.40. The van der Waals surface area contributed by atoms with Crippen LogP contribution in [-0.2, 0) is 0 Å². The van der Waals surface area contributed by atoms with E-state index in [0.717, 1.165) is 11.4 Å². The number of hydrogen-bond donors (Lipinski definition) is 0. The quantitative estimate of drug-likeness (QED) is 0.721. The molecule has 19 heavy (non-hydrogen) atoms. The number of halogens is 2. The van der Waals surface area contributed by atoms with Crippen LogP contribution in [0, 0.1) is 0 Å². The van der Waals surface area contributed by atoms with Crippen LogP contribution in [0.15, 0.2) is 41.1 Å². The van der Waals surface area contributed by atoms with Gasteiger partial charge in [0.05, 0.1) is 0 Å². The summed E-state index contributed by atoms with van der Waals surface area (Å²) in [7, 11) is 0. The topological polar surface area (TPSA) is 18.8 Å². The van der Waals surface area contributed by atoms with E-state index in [0.29, 0.717) is 17.3 Å². The van der Waals surface area contributed by atoms with Gasteiger partial charge in [0.2, 0.25) is 0 Å². The molecule has 2 rings (SSSR count). The molecule has 0 aliphatic carbocycles. The molecule has 0 bridgehead atoms. The van der Waals surface area contributed by atoms with Gasteiger partial charge < -0.3 is 9.80 Å². The number of rotatable bonds is 2. The maximum absolute atomic E-state index is 6.40. The van der Waals surface area contributed by atoms with Gasteiger partial charge in [-0.3, -0.25) is 0 Å². The van der Waals surface area contributed by atoms with Gasteiger partial charge in [-0.25, -0.2) is 4.99 Å². The van der Waals surface area contributed by atoms with Crippen molar-refractivity contribution in [1.82, 2.24) is 9.80 Å². The third-order valence-electron chi connectivity index (χ3n) is 3.18. The van der Waals surface area contributed by atoms with Crippen molar-refractivity contribution in [2.24, 2.45) is 4.99 Å². The van der Waals surface area contributed by atoms with Crippen molar-refractivity contribution >= 4 is 28.4 Å². The first-order valence-corrected chi connectivity index (χ1v) is 7.28. The molecular formula is C14H19Cl2N3. The van der Waals surface area contributed by atoms with Gasteiger partial charge in [0.25, 0.3) is 0 Å². The number of hydrogen-bond acceptors (Lipinski definition) is 3. The molecule has 1 atom stereocenters. The second-order valence-electron chi connectivity index (χ2n) is 5.21. The lowest BCUT2D eigenvalue weighted by molar-refractivity contribution is 0.281. The Balaban J connectivity index is 2.48. The summed E-state index contributed by atoms with van der Waals surface area (Å²) in [5.74, 6) is 1.09. The predicted octanol–water partition coefficient (Wildman–Crippen LogP) is 3.88. The molecule has 0 fully saturated rings. The summed E-state index contributed by atoms with van der Waals surface area (Å²) in [4.78, 5) is 8.48. The van der Waals surface area contributed by atoms with Gasteiger partial charge in [-0.15, -0.1) is 11.6 Å². The zero-order chi connectivity index (χ0) is 14.2. The zero-order valence-electron chi connectivity index (χ0n) is 11.6. The normalized spacial score (nSPS) is 23.2. The predicted molar refractivity (Wildman–Crippen MR) is 82.2 cm³/mol. The summed E-state index contributed by atoms with van der Waals surface area (Å²) < 4.78 is 0. The Bertz CT molecular complexity index is 455. The van der Waals surface area contributed by atoms with Crippen molar-refractivity contribution in [2.45, 2.75) is 45.2 Å². The third kappa shape index (κ3) is 2.67. The minimum atomic E-state index is -0.385. The van der Waals surface area contributed by atoms with Crippen LogP contribution in [0.4, 0.5) is 0 Å². The molecule has 0 aromatic heterocycles. The summed E-state index contributed by atoms with van der Waals surface area (Å²) in [5.41, 5.74) is 0.995. The van der Waals surface area contributed by atoms with Gasteiger partial charge in [0, 0.05) is 36.3 Å². The number of nitrogens with zero attached hydrogens (tertiary/aromatic N) is 3. The molecule has 0 spiro atoms. The summed E-state index contributed by atoms with van der Waals surface area (Å²) in [6, 6.07) is 0.717. The highest BCUT2D eigenvalue weighted by atomic mass is 35.5. The first-order valence-electron chi connectivity index (χ1n) is 6.46. The van der Waals surface area contributed by atoms with Crippen LogP contribution in [0.3, 0.4) is 0 Å². The van der Waals surface area contributed by atoms with Gasteiger partial charge in [-0.2, -0.15) is 0 Å². The molecule has 3 nitrogen and oxygen atoms in total. The van der Waals surface area contributed by atoms with Crippen LogP contribution in [0.5, 0.6) is 0 Å². The SMILES string of the molecule is CC(C)N1C=CN(C(C)C)C1=C1C=CN=C(Cl)C1Cl. The number of aliphatic imine (C=N–C) groups is 1. The van der Waals surface area contributed by atoms with Crippen molar-refractivity contribution in [1.29, 1.82) is 0 Å². The molecule has 0 radical (unpaired) electrons. The van der Waals surface area contributed by atoms with Crippen molar-refractivity contribution in [3.8, 4) is 0 Å². The number of alkyl halides is 1. The minimum Gasteiger partial charge on any atom is -0.330 e. The summed E-state index contributed by atoms with van der Waals surface area (Å²) >= 11 is 12.5. The average Bonchev–Trinajstić information content (AvgIpc) is 2.77. The largest absolute Gasteiger partial charge is 0.330 e. The molecule has 1 unspecified atom stereocenters. The van der Waals surface area contributed by atoms with E-state index in [1.54, 1.807) is 6.20 Å². The third-order valence-corrected chi connectivity index (χ3v) is 4.05. The lowest BCUT2D eigenvalue weighted by Gasteiger charge is -2.33. The van der Waals surface area contributed by atoms with Crippen LogP contribution < -0.4 is 0 Å². The monoisotopic (exact) mass is 299 g/mol. The highest BCUT2D eigenvalue weighted by Crippen LogP contribution is 2.33. The molecule has 5 heteroatoms. The molecule has 2 heterocycles. The highest BCUT2D eigenvalue weighted by molar-refractivity contribution is 6.71. The van der Waals surface area contributed by atoms with E-state index in [9.17, 15) is 0 Å². The fourth-order valence-corrected chi connectivity index (χ4v) is 2.61. The molecule has 0 N–H and O–H groups in total. The average molecular weight is 300 g/mol. The summed E-state index contributed by atoms with van der Waals surface area (Å²) in [5, 5.41) is 0.0371. The van der Waals surface area contributed by atoms with E-state index < -0.39 is 0 Å². The van der Waals surface area contributed by atoms with Crippen LogP contribution in [0.25, 0.3) is 0 Å². The van der Waals surface area contributed by atoms with E-state index in [2.05, 4.69) is 54.9 Å². The van der Waals surface area contributed by atoms with Gasteiger partial charge >= 0.3 is 0 Å². The van der Waals surface area contributed by atoms with Crippen LogP contribution in [0.1, 0.15) is 27.7 Å². The Morgan fingerprint density at radius 2 is 1.63 bits per heavy atom. The molecule has 0 amide bonds. The Morgan fingerprint density at radius 3 is 2.11 bits per heavy atom. The molecule has 2 aliphatic heterocycles.